The van der Waals surface area contributed by atoms with Crippen LogP contribution in [0.3, 0.4) is 0 Å². The van der Waals surface area contributed by atoms with Crippen molar-refractivity contribution in [1.82, 2.24) is 4.57 Å². The van der Waals surface area contributed by atoms with Crippen molar-refractivity contribution in [3.8, 4) is 0 Å². The molecule has 0 radical (unpaired) electrons. The third-order valence-electron chi connectivity index (χ3n) is 2.58. The van der Waals surface area contributed by atoms with Crippen molar-refractivity contribution in [1.29, 1.82) is 0 Å². The van der Waals surface area contributed by atoms with Gasteiger partial charge in [0.2, 0.25) is 5.91 Å². The lowest BCUT2D eigenvalue weighted by molar-refractivity contribution is -0.118. The van der Waals surface area contributed by atoms with Crippen molar-refractivity contribution < 1.29 is 4.79 Å². The second-order valence-corrected chi connectivity index (χ2v) is 4.30. The molecule has 88 valence electrons. The number of rotatable bonds is 2. The third-order valence-corrected chi connectivity index (χ3v) is 2.99. The molecule has 17 heavy (non-hydrogen) atoms. The number of hydrogen-bond acceptors (Lipinski definition) is 2. The van der Waals surface area contributed by atoms with Gasteiger partial charge in [0, 0.05) is 22.7 Å². The Labute approximate surface area is 103 Å². The first-order chi connectivity index (χ1) is 7.99. The molecule has 1 heterocycles. The Hall–Kier alpha value is -1.81. The molecule has 0 bridgehead atoms. The molecule has 0 unspecified atom stereocenters. The predicted molar refractivity (Wildman–Crippen MR) is 67.1 cm³/mol. The minimum absolute atomic E-state index is 0.0240. The average Bonchev–Trinajstić information content (AvgIpc) is 2.25. The summed E-state index contributed by atoms with van der Waals surface area (Å²) in [5.74, 6) is -0.466. The van der Waals surface area contributed by atoms with Crippen LogP contribution in [0, 0.1) is 6.92 Å². The van der Waals surface area contributed by atoms with Gasteiger partial charge in [-0.2, -0.15) is 0 Å². The van der Waals surface area contributed by atoms with Crippen LogP contribution in [-0.2, 0) is 11.3 Å². The van der Waals surface area contributed by atoms with Gasteiger partial charge >= 0.3 is 0 Å². The molecule has 0 saturated heterocycles. The minimum atomic E-state index is -0.466. The van der Waals surface area contributed by atoms with E-state index in [4.69, 9.17) is 17.3 Å². The molecule has 2 N–H and O–H groups in total. The zero-order valence-electron chi connectivity index (χ0n) is 9.24. The van der Waals surface area contributed by atoms with Gasteiger partial charge in [-0.05, 0) is 24.6 Å². The standard InChI is InChI=1S/C12H11ClN2O2/c1-7-4-8-10(5-9(7)13)15(6-12(14)17)3-2-11(8)16/h2-5H,6H2,1H3,(H2,14,17). The molecule has 1 amide bonds. The maximum Gasteiger partial charge on any atom is 0.237 e. The van der Waals surface area contributed by atoms with E-state index in [1.54, 1.807) is 22.9 Å². The maximum atomic E-state index is 11.7. The summed E-state index contributed by atoms with van der Waals surface area (Å²) < 4.78 is 1.62. The van der Waals surface area contributed by atoms with Gasteiger partial charge in [-0.15, -0.1) is 0 Å². The van der Waals surface area contributed by atoms with E-state index in [2.05, 4.69) is 0 Å². The van der Waals surface area contributed by atoms with Gasteiger partial charge in [-0.1, -0.05) is 11.6 Å². The Morgan fingerprint density at radius 1 is 1.47 bits per heavy atom. The molecule has 0 fully saturated rings. The van der Waals surface area contributed by atoms with Gasteiger partial charge in [0.1, 0.15) is 6.54 Å². The van der Waals surface area contributed by atoms with Crippen molar-refractivity contribution >= 4 is 28.4 Å². The lowest BCUT2D eigenvalue weighted by Gasteiger charge is -2.10. The maximum absolute atomic E-state index is 11.7. The lowest BCUT2D eigenvalue weighted by Crippen LogP contribution is -2.20. The highest BCUT2D eigenvalue weighted by Gasteiger charge is 2.07. The number of benzene rings is 1. The lowest BCUT2D eigenvalue weighted by atomic mass is 10.1. The number of primary amides is 1. The SMILES string of the molecule is Cc1cc2c(=O)ccn(CC(N)=O)c2cc1Cl. The first-order valence-corrected chi connectivity index (χ1v) is 5.44. The Kier molecular flexibility index (Phi) is 2.90. The molecule has 2 rings (SSSR count). The Morgan fingerprint density at radius 2 is 2.18 bits per heavy atom. The molecule has 0 saturated carbocycles. The van der Waals surface area contributed by atoms with Gasteiger partial charge in [-0.3, -0.25) is 9.59 Å². The van der Waals surface area contributed by atoms with Crippen LogP contribution in [0.4, 0.5) is 0 Å². The molecular weight excluding hydrogens is 240 g/mol. The van der Waals surface area contributed by atoms with Crippen molar-refractivity contribution in [2.24, 2.45) is 5.73 Å². The molecule has 5 heteroatoms. The van der Waals surface area contributed by atoms with E-state index in [1.807, 2.05) is 6.92 Å². The van der Waals surface area contributed by atoms with Gasteiger partial charge in [0.15, 0.2) is 5.43 Å². The quantitative estimate of drug-likeness (QED) is 0.877. The fourth-order valence-electron chi connectivity index (χ4n) is 1.74. The monoisotopic (exact) mass is 250 g/mol. The smallest absolute Gasteiger partial charge is 0.237 e. The number of aromatic nitrogens is 1. The molecular formula is C12H11ClN2O2. The van der Waals surface area contributed by atoms with Crippen LogP contribution in [0.25, 0.3) is 10.9 Å². The number of fused-ring (bicyclic) bond motifs is 1. The van der Waals surface area contributed by atoms with E-state index < -0.39 is 5.91 Å². The number of nitrogens with zero attached hydrogens (tertiary/aromatic N) is 1. The topological polar surface area (TPSA) is 65.1 Å². The summed E-state index contributed by atoms with van der Waals surface area (Å²) in [6.45, 7) is 1.85. The van der Waals surface area contributed by atoms with E-state index in [0.29, 0.717) is 15.9 Å². The van der Waals surface area contributed by atoms with Crippen LogP contribution < -0.4 is 11.2 Å². The van der Waals surface area contributed by atoms with Gasteiger partial charge in [-0.25, -0.2) is 0 Å². The molecule has 0 aliphatic rings. The van der Waals surface area contributed by atoms with Crippen LogP contribution in [-0.4, -0.2) is 10.5 Å². The van der Waals surface area contributed by atoms with Crippen molar-refractivity contribution in [3.05, 3.63) is 45.2 Å². The summed E-state index contributed by atoms with van der Waals surface area (Å²) in [6.07, 6.45) is 1.54. The first kappa shape index (κ1) is 11.7. The van der Waals surface area contributed by atoms with Crippen molar-refractivity contribution in [2.75, 3.05) is 0 Å². The molecule has 0 spiro atoms. The molecule has 0 aliphatic carbocycles. The number of nitrogens with two attached hydrogens (primary N) is 1. The van der Waals surface area contributed by atoms with Gasteiger partial charge in [0.25, 0.3) is 0 Å². The number of aryl methyl sites for hydroxylation is 1. The van der Waals surface area contributed by atoms with E-state index >= 15 is 0 Å². The van der Waals surface area contributed by atoms with E-state index in [-0.39, 0.29) is 12.0 Å². The summed E-state index contributed by atoms with van der Waals surface area (Å²) in [4.78, 5) is 22.6. The third kappa shape index (κ3) is 2.17. The number of amides is 1. The highest BCUT2D eigenvalue weighted by molar-refractivity contribution is 6.32. The average molecular weight is 251 g/mol. The molecule has 4 nitrogen and oxygen atoms in total. The molecule has 0 atom stereocenters. The predicted octanol–water partition coefficient (Wildman–Crippen LogP) is 1.45. The summed E-state index contributed by atoms with van der Waals surface area (Å²) in [7, 11) is 0. The number of pyridine rings is 1. The summed E-state index contributed by atoms with van der Waals surface area (Å²) >= 11 is 6.02. The van der Waals surface area contributed by atoms with Crippen molar-refractivity contribution in [2.45, 2.75) is 13.5 Å². The minimum Gasteiger partial charge on any atom is -0.368 e. The van der Waals surface area contributed by atoms with E-state index in [1.165, 1.54) is 6.07 Å². The van der Waals surface area contributed by atoms with Crippen LogP contribution in [0.15, 0.2) is 29.2 Å². The zero-order valence-corrected chi connectivity index (χ0v) is 9.99. The second kappa shape index (κ2) is 4.22. The number of carbonyl (C=O) groups excluding carboxylic acids is 1. The van der Waals surface area contributed by atoms with Crippen LogP contribution >= 0.6 is 11.6 Å². The van der Waals surface area contributed by atoms with E-state index in [0.717, 1.165) is 5.56 Å². The number of halogens is 1. The van der Waals surface area contributed by atoms with Crippen LogP contribution in [0.1, 0.15) is 5.56 Å². The summed E-state index contributed by atoms with van der Waals surface area (Å²) in [6, 6.07) is 4.81. The number of carbonyl (C=O) groups is 1. The van der Waals surface area contributed by atoms with Gasteiger partial charge in [0.05, 0.1) is 5.52 Å². The highest BCUT2D eigenvalue weighted by atomic mass is 35.5. The highest BCUT2D eigenvalue weighted by Crippen LogP contribution is 2.21. The Bertz CT molecular complexity index is 661. The fraction of sp³-hybridized carbons (Fsp3) is 0.167. The normalized spacial score (nSPS) is 10.7. The molecule has 0 aliphatic heterocycles. The Morgan fingerprint density at radius 3 is 2.82 bits per heavy atom. The fourth-order valence-corrected chi connectivity index (χ4v) is 1.90. The van der Waals surface area contributed by atoms with Crippen LogP contribution in [0.5, 0.6) is 0 Å². The van der Waals surface area contributed by atoms with E-state index in [9.17, 15) is 9.59 Å². The number of hydrogen-bond donors (Lipinski definition) is 1. The van der Waals surface area contributed by atoms with Gasteiger partial charge < -0.3 is 10.3 Å². The summed E-state index contributed by atoms with van der Waals surface area (Å²) in [5.41, 5.74) is 6.50. The van der Waals surface area contributed by atoms with Crippen molar-refractivity contribution in [3.63, 3.8) is 0 Å². The molecule has 2 aromatic rings. The first-order valence-electron chi connectivity index (χ1n) is 5.06. The largest absolute Gasteiger partial charge is 0.368 e. The second-order valence-electron chi connectivity index (χ2n) is 3.89. The molecule has 1 aromatic heterocycles. The zero-order chi connectivity index (χ0) is 12.6. The summed E-state index contributed by atoms with van der Waals surface area (Å²) in [5, 5.41) is 1.09. The molecule has 1 aromatic carbocycles. The Balaban J connectivity index is 2.79. The van der Waals surface area contributed by atoms with Crippen LogP contribution in [0.2, 0.25) is 5.02 Å².